The molecule has 10 nitrogen and oxygen atoms in total. The van der Waals surface area contributed by atoms with Crippen LogP contribution >= 0.6 is 11.3 Å². The molecule has 3 aromatic rings. The van der Waals surface area contributed by atoms with Gasteiger partial charge >= 0.3 is 6.18 Å². The number of amides is 1. The number of benzene rings is 1. The first-order chi connectivity index (χ1) is 20.5. The predicted molar refractivity (Wildman–Crippen MR) is 163 cm³/mol. The summed E-state index contributed by atoms with van der Waals surface area (Å²) in [6, 6.07) is 6.77. The van der Waals surface area contributed by atoms with E-state index in [0.717, 1.165) is 85.3 Å². The first kappa shape index (κ1) is 29.6. The highest BCUT2D eigenvalue weighted by Crippen LogP contribution is 2.43. The van der Waals surface area contributed by atoms with Gasteiger partial charge in [0.2, 0.25) is 5.95 Å². The van der Waals surface area contributed by atoms with Crippen molar-refractivity contribution in [2.45, 2.75) is 38.9 Å². The number of alkyl halides is 3. The number of piperazine rings is 1. The maximum Gasteiger partial charge on any atom is 0.406 e. The number of halogens is 3. The number of thiazole rings is 1. The Labute approximate surface area is 253 Å². The topological polar surface area (TPSA) is 84.0 Å². The maximum absolute atomic E-state index is 13.8. The van der Waals surface area contributed by atoms with E-state index in [-0.39, 0.29) is 28.1 Å². The summed E-state index contributed by atoms with van der Waals surface area (Å²) in [5, 5.41) is 3.80. The van der Waals surface area contributed by atoms with E-state index < -0.39 is 18.6 Å². The van der Waals surface area contributed by atoms with Crippen molar-refractivity contribution in [3.63, 3.8) is 0 Å². The van der Waals surface area contributed by atoms with Gasteiger partial charge in [-0.25, -0.2) is 9.97 Å². The average molecular weight is 616 g/mol. The number of carbonyl (C=O) groups is 1. The van der Waals surface area contributed by atoms with Gasteiger partial charge in [0.1, 0.15) is 17.2 Å². The van der Waals surface area contributed by atoms with Crippen LogP contribution in [0.5, 0.6) is 0 Å². The summed E-state index contributed by atoms with van der Waals surface area (Å²) < 4.78 is 41.3. The molecule has 0 unspecified atom stereocenters. The van der Waals surface area contributed by atoms with Crippen molar-refractivity contribution in [2.75, 3.05) is 79.9 Å². The summed E-state index contributed by atoms with van der Waals surface area (Å²) >= 11 is 1.03. The Morgan fingerprint density at radius 1 is 1.02 bits per heavy atom. The molecule has 3 aliphatic heterocycles. The maximum atomic E-state index is 13.8. The summed E-state index contributed by atoms with van der Waals surface area (Å²) in [4.78, 5) is 35.9. The zero-order chi connectivity index (χ0) is 30.5. The Morgan fingerprint density at radius 3 is 2.42 bits per heavy atom. The molecule has 1 amide bonds. The molecule has 2 fully saturated rings. The van der Waals surface area contributed by atoms with Crippen LogP contribution in [0.25, 0.3) is 0 Å². The van der Waals surface area contributed by atoms with Crippen LogP contribution < -0.4 is 20.0 Å². The quantitative estimate of drug-likeness (QED) is 0.435. The Kier molecular flexibility index (Phi) is 7.94. The number of likely N-dealkylation sites (N-methyl/N-ethyl adjacent to an activating group) is 1. The lowest BCUT2D eigenvalue weighted by Gasteiger charge is -2.42. The smallest absolute Gasteiger partial charge is 0.371 e. The summed E-state index contributed by atoms with van der Waals surface area (Å²) in [6.45, 7) is 8.86. The van der Waals surface area contributed by atoms with E-state index in [1.165, 1.54) is 18.1 Å². The van der Waals surface area contributed by atoms with Crippen LogP contribution in [0.1, 0.15) is 33.9 Å². The highest BCUT2D eigenvalue weighted by molar-refractivity contribution is 7.16. The number of nitrogens with zero attached hydrogens (tertiary/aromatic N) is 8. The number of hydrogen-bond acceptors (Lipinski definition) is 10. The first-order valence-electron chi connectivity index (χ1n) is 14.5. The summed E-state index contributed by atoms with van der Waals surface area (Å²) in [5.74, 6) is -0.376. The molecule has 2 saturated heterocycles. The third-order valence-corrected chi connectivity index (χ3v) is 9.51. The number of piperidine rings is 1. The first-order valence-corrected chi connectivity index (χ1v) is 15.3. The highest BCUT2D eigenvalue weighted by Gasteiger charge is 2.40. The van der Waals surface area contributed by atoms with Crippen molar-refractivity contribution in [1.29, 1.82) is 0 Å². The van der Waals surface area contributed by atoms with E-state index in [1.807, 2.05) is 13.0 Å². The van der Waals surface area contributed by atoms with Crippen molar-refractivity contribution in [1.82, 2.24) is 24.8 Å². The summed E-state index contributed by atoms with van der Waals surface area (Å²) in [7, 11) is 3.67. The number of aromatic nitrogens is 3. The molecule has 0 aliphatic carbocycles. The van der Waals surface area contributed by atoms with Gasteiger partial charge in [0, 0.05) is 63.7 Å². The molecule has 3 aliphatic rings. The fraction of sp³-hybridized carbons (Fsp3) is 0.517. The lowest BCUT2D eigenvalue weighted by molar-refractivity contribution is -0.118. The molecule has 230 valence electrons. The fourth-order valence-electron chi connectivity index (χ4n) is 6.07. The summed E-state index contributed by atoms with van der Waals surface area (Å²) in [6.07, 6.45) is -0.887. The van der Waals surface area contributed by atoms with Crippen LogP contribution in [0.15, 0.2) is 24.4 Å². The van der Waals surface area contributed by atoms with Gasteiger partial charge in [-0.2, -0.15) is 18.2 Å². The number of aryl methyl sites for hydroxylation is 2. The van der Waals surface area contributed by atoms with E-state index in [0.29, 0.717) is 11.0 Å². The SMILES string of the molecule is Cc1nc2c(s1)N(CC(F)(F)F)c1nc(Nc3ccc(N4CCC(N5CCN(C)CC5)CC4)cc3C)ncc1N(C)C2=O. The van der Waals surface area contributed by atoms with Crippen molar-refractivity contribution < 1.29 is 18.0 Å². The van der Waals surface area contributed by atoms with E-state index in [1.54, 1.807) is 6.92 Å². The van der Waals surface area contributed by atoms with Crippen LogP contribution in [0.3, 0.4) is 0 Å². The normalized spacial score (nSPS) is 19.0. The minimum Gasteiger partial charge on any atom is -0.371 e. The van der Waals surface area contributed by atoms with Gasteiger partial charge in [0.05, 0.1) is 11.2 Å². The van der Waals surface area contributed by atoms with Gasteiger partial charge in [-0.15, -0.1) is 11.3 Å². The van der Waals surface area contributed by atoms with Gasteiger partial charge < -0.3 is 24.9 Å². The van der Waals surface area contributed by atoms with E-state index in [9.17, 15) is 18.0 Å². The van der Waals surface area contributed by atoms with Crippen LogP contribution in [0.2, 0.25) is 0 Å². The minimum atomic E-state index is -4.54. The molecule has 2 aromatic heterocycles. The van der Waals surface area contributed by atoms with Crippen molar-refractivity contribution in [2.24, 2.45) is 0 Å². The van der Waals surface area contributed by atoms with E-state index in [4.69, 9.17) is 0 Å². The van der Waals surface area contributed by atoms with Gasteiger partial charge in [0.25, 0.3) is 5.91 Å². The Morgan fingerprint density at radius 2 is 1.74 bits per heavy atom. The monoisotopic (exact) mass is 615 g/mol. The van der Waals surface area contributed by atoms with Crippen molar-refractivity contribution in [3.8, 4) is 0 Å². The number of anilines is 6. The molecule has 43 heavy (non-hydrogen) atoms. The molecule has 0 saturated carbocycles. The molecule has 14 heteroatoms. The molecule has 0 atom stereocenters. The van der Waals surface area contributed by atoms with Gasteiger partial charge in [-0.1, -0.05) is 0 Å². The number of rotatable bonds is 5. The average Bonchev–Trinajstić information content (AvgIpc) is 3.34. The number of hydrogen-bond donors (Lipinski definition) is 1. The van der Waals surface area contributed by atoms with Gasteiger partial charge in [0.15, 0.2) is 11.5 Å². The number of fused-ring (bicyclic) bond motifs is 2. The lowest BCUT2D eigenvalue weighted by Crippen LogP contribution is -2.52. The number of nitrogens with one attached hydrogen (secondary N) is 1. The molecule has 1 N–H and O–H groups in total. The van der Waals surface area contributed by atoms with Crippen molar-refractivity contribution >= 4 is 51.1 Å². The van der Waals surface area contributed by atoms with E-state index >= 15 is 0 Å². The molecule has 1 aromatic carbocycles. The van der Waals surface area contributed by atoms with Gasteiger partial charge in [-0.05, 0) is 57.5 Å². The predicted octanol–water partition coefficient (Wildman–Crippen LogP) is 4.80. The Hall–Kier alpha value is -3.49. The molecule has 5 heterocycles. The zero-order valence-electron chi connectivity index (χ0n) is 24.8. The van der Waals surface area contributed by atoms with Crippen LogP contribution in [-0.2, 0) is 0 Å². The van der Waals surface area contributed by atoms with Crippen LogP contribution in [-0.4, -0.2) is 103 Å². The minimum absolute atomic E-state index is 0.00873. The van der Waals surface area contributed by atoms with Crippen LogP contribution in [0, 0.1) is 13.8 Å². The molecule has 0 bridgehead atoms. The molecular formula is C29H36F3N9OS. The highest BCUT2D eigenvalue weighted by atomic mass is 32.1. The van der Waals surface area contributed by atoms with Crippen molar-refractivity contribution in [3.05, 3.63) is 40.7 Å². The van der Waals surface area contributed by atoms with E-state index in [2.05, 4.69) is 54.1 Å². The Balaban J connectivity index is 1.21. The number of carbonyl (C=O) groups excluding carboxylic acids is 1. The summed E-state index contributed by atoms with van der Waals surface area (Å²) in [5.41, 5.74) is 3.02. The third kappa shape index (κ3) is 6.13. The second-order valence-electron chi connectivity index (χ2n) is 11.5. The molecule has 0 spiro atoms. The third-order valence-electron chi connectivity index (χ3n) is 8.51. The molecule has 0 radical (unpaired) electrons. The fourth-order valence-corrected chi connectivity index (χ4v) is 6.98. The standard InChI is InChI=1S/C29H36F3N9OS/c1-18-15-21(39-9-7-20(8-10-39)40-13-11-37(3)12-14-40)5-6-22(18)35-28-33-16-23-25(36-28)41(17-29(30,31)32)27-24(26(42)38(23)4)34-19(2)43-27/h5-6,15-16,20H,7-14,17H2,1-4H3,(H,33,35,36). The second kappa shape index (κ2) is 11.5. The van der Waals surface area contributed by atoms with Gasteiger partial charge in [-0.3, -0.25) is 9.69 Å². The largest absolute Gasteiger partial charge is 0.406 e. The lowest BCUT2D eigenvalue weighted by atomic mass is 10.0. The molecule has 6 rings (SSSR count). The van der Waals surface area contributed by atoms with Crippen LogP contribution in [0.4, 0.5) is 47.0 Å². The Bertz CT molecular complexity index is 1500. The molecular weight excluding hydrogens is 579 g/mol. The zero-order valence-corrected chi connectivity index (χ0v) is 25.6. The second-order valence-corrected chi connectivity index (χ2v) is 12.7.